The third-order valence-corrected chi connectivity index (χ3v) is 7.00. The molecule has 4 rings (SSSR count). The minimum Gasteiger partial charge on any atom is -0.741 e. The molecule has 90 heavy (non-hydrogen) atoms. The summed E-state index contributed by atoms with van der Waals surface area (Å²) in [4.78, 5) is 32.5. The zero-order valence-corrected chi connectivity index (χ0v) is 60.4. The van der Waals surface area contributed by atoms with Crippen LogP contribution in [-0.4, -0.2) is 198 Å². The third kappa shape index (κ3) is 94.7. The van der Waals surface area contributed by atoms with Crippen LogP contribution in [0.5, 0.6) is 0 Å². The van der Waals surface area contributed by atoms with Crippen molar-refractivity contribution in [2.75, 3.05) is 94.1 Å². The van der Waals surface area contributed by atoms with Crippen LogP contribution >= 0.6 is 31.7 Å². The third-order valence-electron chi connectivity index (χ3n) is 4.73. The molecule has 0 saturated heterocycles. The van der Waals surface area contributed by atoms with Crippen LogP contribution < -0.4 is 0 Å². The van der Waals surface area contributed by atoms with Crippen LogP contribution in [0.3, 0.4) is 0 Å². The smallest absolute Gasteiger partial charge is 0.741 e. The summed E-state index contributed by atoms with van der Waals surface area (Å²) < 4.78 is 236. The number of hydrogen-bond donors (Lipinski definition) is 0. The first-order valence-corrected chi connectivity index (χ1v) is 38.0. The Morgan fingerprint density at radius 1 is 0.356 bits per heavy atom. The fourth-order valence-electron chi connectivity index (χ4n) is 2.16. The molecule has 0 N–H and O–H groups in total. The topological polar surface area (TPSA) is 367 Å². The van der Waals surface area contributed by atoms with Gasteiger partial charge in [-0.1, -0.05) is 23.7 Å². The Labute approximate surface area is 549 Å². The molecular weight excluding hydrogens is 1760 g/mol. The molecule has 516 valence electrons. The van der Waals surface area contributed by atoms with E-state index in [0.29, 0.717) is 31.7 Å². The van der Waals surface area contributed by atoms with E-state index in [-0.39, 0.29) is 42.1 Å². The molecule has 0 saturated carbocycles. The molecule has 0 aliphatic rings. The number of hydrogen-bond acceptors (Lipinski definition) is 20. The Morgan fingerprint density at radius 2 is 0.456 bits per heavy atom. The van der Waals surface area contributed by atoms with Gasteiger partial charge in [-0.05, 0) is 152 Å². The molecular formula is C46H58F12N6O16P4Pt2S4. The van der Waals surface area contributed by atoms with Crippen molar-refractivity contribution < 1.29 is 157 Å². The van der Waals surface area contributed by atoms with Gasteiger partial charge in [0.25, 0.3) is 0 Å². The Kier molecular flexibility index (Phi) is 68.1. The molecule has 0 aliphatic carbocycles. The van der Waals surface area contributed by atoms with E-state index in [1.165, 1.54) is 0 Å². The van der Waals surface area contributed by atoms with E-state index in [1.54, 1.807) is 49.6 Å². The Balaban J connectivity index is -0.000000101. The molecule has 0 aliphatic heterocycles. The fraction of sp³-hybridized carbons (Fsp3) is 0.391. The number of halogens is 12. The second-order valence-electron chi connectivity index (χ2n) is 15.8. The van der Waals surface area contributed by atoms with E-state index in [0.717, 1.165) is 36.3 Å². The molecule has 0 radical (unpaired) electrons. The van der Waals surface area contributed by atoms with Gasteiger partial charge >= 0.3 is 64.2 Å². The summed E-state index contributed by atoms with van der Waals surface area (Å²) in [5.74, 6) is 22.7. The maximum atomic E-state index is 10.7. The molecule has 0 amide bonds. The molecule has 0 atom stereocenters. The molecule has 44 heteroatoms. The molecule has 0 spiro atoms. The molecule has 0 unspecified atom stereocenters. The van der Waals surface area contributed by atoms with E-state index in [1.807, 2.05) is 48.5 Å². The fourth-order valence-corrected chi connectivity index (χ4v) is 2.16. The van der Waals surface area contributed by atoms with Crippen LogP contribution in [0.15, 0.2) is 98.1 Å². The van der Waals surface area contributed by atoms with Crippen molar-refractivity contribution in [3.05, 3.63) is 141 Å². The van der Waals surface area contributed by atoms with Gasteiger partial charge in [0.2, 0.25) is 0 Å². The SMILES string of the molecule is C(C#Cc1cccnc1)#Cc1cccnc1.C(C#Cc1cccnc1)#Cc1cccnc1.CP(C)C.CP(C)C.CP(C)C.CP(C)C.C[N+](=O)[O-].C[N+](=O)[O-].O=S(=O)([O-])C(F)(F)F.O=S(=O)([O-])C(F)(F)F.O=S(=O)([O-])C(F)(F)F.O=S(=O)([O-])C(F)(F)F.[Pt+2].[Pt+2]. The van der Waals surface area contributed by atoms with E-state index in [4.69, 9.17) is 72.1 Å². The van der Waals surface area contributed by atoms with Crippen molar-refractivity contribution in [1.29, 1.82) is 0 Å². The van der Waals surface area contributed by atoms with E-state index < -0.39 is 72.4 Å². The zero-order valence-electron chi connectivity index (χ0n) is 49.0. The number of nitrogens with zero attached hydrogens (tertiary/aromatic N) is 6. The number of aromatic nitrogens is 4. The number of rotatable bonds is 0. The van der Waals surface area contributed by atoms with Crippen LogP contribution in [0, 0.1) is 67.6 Å². The predicted octanol–water partition coefficient (Wildman–Crippen LogP) is 9.18. The van der Waals surface area contributed by atoms with Crippen molar-refractivity contribution in [3.8, 4) is 47.4 Å². The Hall–Kier alpha value is -4.46. The molecule has 4 aromatic rings. The zero-order chi connectivity index (χ0) is 71.6. The van der Waals surface area contributed by atoms with Gasteiger partial charge in [0.15, 0.2) is 54.6 Å². The number of nitro groups is 2. The van der Waals surface area contributed by atoms with Crippen molar-refractivity contribution >= 4 is 72.2 Å². The number of pyridine rings is 4. The largest absolute Gasteiger partial charge is 2.00 e. The average Bonchev–Trinajstić information content (AvgIpc) is 3.31. The Bertz CT molecular complexity index is 2820. The standard InChI is InChI=1S/2C14H8N2.4C3H9P.4CHF3O3S.2CH3NO2.2Pt/c2*1(5-13-7-3-9-15-11-13)2-6-14-8-4-10-16-12-14;4*1-4(2)3;4*2-1(3,4)8(5,6)7;2*1-2(3)4;;/h2*3-4,7-12H;4*1-3H3;4*(H,5,6,7);2*1H3;;/q;;;;;;;;;;;;2*+2/p-4. The predicted molar refractivity (Wildman–Crippen MR) is 312 cm³/mol. The summed E-state index contributed by atoms with van der Waals surface area (Å²) in [6.07, 6.45) is 13.7. The van der Waals surface area contributed by atoms with Crippen LogP contribution in [0.25, 0.3) is 0 Å². The molecule has 4 heterocycles. The minimum atomic E-state index is -6.09. The molecule has 4 aromatic heterocycles. The van der Waals surface area contributed by atoms with E-state index in [2.05, 4.69) is 147 Å². The van der Waals surface area contributed by atoms with Gasteiger partial charge in [0.05, 0.1) is 0 Å². The van der Waals surface area contributed by atoms with Crippen molar-refractivity contribution in [3.63, 3.8) is 0 Å². The van der Waals surface area contributed by atoms with Crippen LogP contribution in [0.2, 0.25) is 0 Å². The minimum absolute atomic E-state index is 0. The summed E-state index contributed by atoms with van der Waals surface area (Å²) in [5.41, 5.74) is -19.1. The summed E-state index contributed by atoms with van der Waals surface area (Å²) in [6, 6.07) is 15.0. The van der Waals surface area contributed by atoms with Gasteiger partial charge in [-0.2, -0.15) is 52.7 Å². The van der Waals surface area contributed by atoms with Gasteiger partial charge in [-0.25, -0.2) is 33.7 Å². The van der Waals surface area contributed by atoms with Crippen LogP contribution in [0.1, 0.15) is 22.3 Å². The van der Waals surface area contributed by atoms with Crippen molar-refractivity contribution in [1.82, 2.24) is 19.9 Å². The summed E-state index contributed by atoms with van der Waals surface area (Å²) in [6.45, 7) is 26.8. The monoisotopic (exact) mass is 1820 g/mol. The van der Waals surface area contributed by atoms with Crippen molar-refractivity contribution in [2.45, 2.75) is 22.0 Å². The molecule has 0 aromatic carbocycles. The van der Waals surface area contributed by atoms with Crippen LogP contribution in [-0.2, 0) is 82.6 Å². The number of alkyl halides is 12. The summed E-state index contributed by atoms with van der Waals surface area (Å²) in [5, 5.41) is 17.6. The normalized spacial score (nSPS) is 10.1. The van der Waals surface area contributed by atoms with E-state index >= 15 is 0 Å². The average molecular weight is 1820 g/mol. The van der Waals surface area contributed by atoms with Crippen molar-refractivity contribution in [2.24, 2.45) is 0 Å². The second-order valence-corrected chi connectivity index (χ2v) is 32.0. The van der Waals surface area contributed by atoms with Crippen LogP contribution in [0.4, 0.5) is 52.7 Å². The van der Waals surface area contributed by atoms with Gasteiger partial charge < -0.3 is 18.2 Å². The van der Waals surface area contributed by atoms with Gasteiger partial charge in [0.1, 0.15) is 0 Å². The molecule has 0 bridgehead atoms. The maximum absolute atomic E-state index is 10.7. The quantitative estimate of drug-likeness (QED) is 0.0301. The van der Waals surface area contributed by atoms with Gasteiger partial charge in [-0.3, -0.25) is 40.2 Å². The molecule has 0 fully saturated rings. The summed E-state index contributed by atoms with van der Waals surface area (Å²) in [7, 11) is -21.1. The second kappa shape index (κ2) is 57.2. The first kappa shape index (κ1) is 107. The molecule has 22 nitrogen and oxygen atoms in total. The van der Waals surface area contributed by atoms with E-state index in [9.17, 15) is 52.7 Å². The first-order valence-electron chi connectivity index (χ1n) is 21.6. The van der Waals surface area contributed by atoms with Gasteiger partial charge in [0, 0.05) is 81.7 Å². The summed E-state index contributed by atoms with van der Waals surface area (Å²) >= 11 is 0. The van der Waals surface area contributed by atoms with Gasteiger partial charge in [-0.15, -0.1) is 31.7 Å². The Morgan fingerprint density at radius 3 is 0.522 bits per heavy atom. The maximum Gasteiger partial charge on any atom is 2.00 e. The first-order chi connectivity index (χ1) is 39.3.